The Morgan fingerprint density at radius 3 is 2.80 bits per heavy atom. The summed E-state index contributed by atoms with van der Waals surface area (Å²) in [4.78, 5) is 31.7. The number of aryl methyl sites for hydroxylation is 1. The van der Waals surface area contributed by atoms with Crippen LogP contribution in [0.5, 0.6) is 0 Å². The van der Waals surface area contributed by atoms with Crippen molar-refractivity contribution in [3.05, 3.63) is 23.4 Å². The molecule has 0 bridgehead atoms. The molecule has 6 heteroatoms. The molecule has 1 aromatic heterocycles. The molecule has 6 nitrogen and oxygen atoms in total. The van der Waals surface area contributed by atoms with Gasteiger partial charge >= 0.3 is 0 Å². The average Bonchev–Trinajstić information content (AvgIpc) is 2.41. The maximum Gasteiger partial charge on any atom is 0.254 e. The molecule has 108 valence electrons. The highest BCUT2D eigenvalue weighted by molar-refractivity contribution is 5.97. The summed E-state index contributed by atoms with van der Waals surface area (Å²) < 4.78 is 0. The van der Waals surface area contributed by atoms with Crippen LogP contribution in [0.1, 0.15) is 23.0 Å². The van der Waals surface area contributed by atoms with Gasteiger partial charge < -0.3 is 15.1 Å². The molecule has 2 rings (SSSR count). The zero-order valence-electron chi connectivity index (χ0n) is 12.1. The SMILES string of the molecule is CCNc1cc(C(=O)N2CCN(C)C(=O)C2)cc(C)n1. The quantitative estimate of drug-likeness (QED) is 0.884. The Bertz CT molecular complexity index is 530. The zero-order valence-corrected chi connectivity index (χ0v) is 12.1. The second kappa shape index (κ2) is 5.90. The summed E-state index contributed by atoms with van der Waals surface area (Å²) in [6.07, 6.45) is 0. The fraction of sp³-hybridized carbons (Fsp3) is 0.500. The molecule has 0 atom stereocenters. The summed E-state index contributed by atoms with van der Waals surface area (Å²) in [5.41, 5.74) is 1.36. The Kier molecular flexibility index (Phi) is 4.22. The van der Waals surface area contributed by atoms with Gasteiger partial charge in [-0.2, -0.15) is 0 Å². The highest BCUT2D eigenvalue weighted by Gasteiger charge is 2.25. The first-order valence-corrected chi connectivity index (χ1v) is 6.77. The van der Waals surface area contributed by atoms with Crippen LogP contribution in [-0.2, 0) is 4.79 Å². The highest BCUT2D eigenvalue weighted by Crippen LogP contribution is 2.14. The van der Waals surface area contributed by atoms with Crippen molar-refractivity contribution in [3.63, 3.8) is 0 Å². The van der Waals surface area contributed by atoms with Gasteiger partial charge in [-0.3, -0.25) is 9.59 Å². The number of aromatic nitrogens is 1. The summed E-state index contributed by atoms with van der Waals surface area (Å²) in [6.45, 7) is 5.87. The lowest BCUT2D eigenvalue weighted by molar-refractivity contribution is -0.133. The molecular formula is C14H20N4O2. The molecule has 1 aliphatic heterocycles. The maximum absolute atomic E-state index is 12.5. The number of hydrogen-bond acceptors (Lipinski definition) is 4. The van der Waals surface area contributed by atoms with Crippen molar-refractivity contribution in [2.75, 3.05) is 38.5 Å². The van der Waals surface area contributed by atoms with Crippen LogP contribution in [0.25, 0.3) is 0 Å². The van der Waals surface area contributed by atoms with E-state index in [1.54, 1.807) is 29.0 Å². The highest BCUT2D eigenvalue weighted by atomic mass is 16.2. The largest absolute Gasteiger partial charge is 0.370 e. The number of pyridine rings is 1. The van der Waals surface area contributed by atoms with Gasteiger partial charge in [-0.25, -0.2) is 4.98 Å². The lowest BCUT2D eigenvalue weighted by Gasteiger charge is -2.32. The van der Waals surface area contributed by atoms with Crippen LogP contribution in [0, 0.1) is 6.92 Å². The molecule has 1 fully saturated rings. The third-order valence-corrected chi connectivity index (χ3v) is 3.30. The number of rotatable bonds is 3. The number of likely N-dealkylation sites (N-methyl/N-ethyl adjacent to an activating group) is 1. The summed E-state index contributed by atoms with van der Waals surface area (Å²) in [6, 6.07) is 3.49. The van der Waals surface area contributed by atoms with Crippen molar-refractivity contribution in [2.45, 2.75) is 13.8 Å². The van der Waals surface area contributed by atoms with Crippen molar-refractivity contribution in [1.82, 2.24) is 14.8 Å². The van der Waals surface area contributed by atoms with Gasteiger partial charge in [0.2, 0.25) is 5.91 Å². The van der Waals surface area contributed by atoms with Crippen LogP contribution >= 0.6 is 0 Å². The van der Waals surface area contributed by atoms with Gasteiger partial charge in [-0.05, 0) is 26.0 Å². The lowest BCUT2D eigenvalue weighted by atomic mass is 10.1. The van der Waals surface area contributed by atoms with Crippen molar-refractivity contribution >= 4 is 17.6 Å². The first kappa shape index (κ1) is 14.3. The second-order valence-corrected chi connectivity index (χ2v) is 4.95. The van der Waals surface area contributed by atoms with Gasteiger partial charge in [0.15, 0.2) is 0 Å². The number of nitrogens with one attached hydrogen (secondary N) is 1. The molecule has 2 amide bonds. The molecular weight excluding hydrogens is 256 g/mol. The number of amides is 2. The number of nitrogens with zero attached hydrogens (tertiary/aromatic N) is 3. The average molecular weight is 276 g/mol. The van der Waals surface area contributed by atoms with Crippen LogP contribution in [0.3, 0.4) is 0 Å². The van der Waals surface area contributed by atoms with Gasteiger partial charge in [0.25, 0.3) is 5.91 Å². The Balaban J connectivity index is 2.18. The van der Waals surface area contributed by atoms with Gasteiger partial charge in [-0.1, -0.05) is 0 Å². The smallest absolute Gasteiger partial charge is 0.254 e. The summed E-state index contributed by atoms with van der Waals surface area (Å²) >= 11 is 0. The third kappa shape index (κ3) is 3.07. The van der Waals surface area contributed by atoms with E-state index in [4.69, 9.17) is 0 Å². The van der Waals surface area contributed by atoms with E-state index < -0.39 is 0 Å². The van der Waals surface area contributed by atoms with Crippen LogP contribution in [0.4, 0.5) is 5.82 Å². The van der Waals surface area contributed by atoms with Gasteiger partial charge in [-0.15, -0.1) is 0 Å². The lowest BCUT2D eigenvalue weighted by Crippen LogP contribution is -2.50. The second-order valence-electron chi connectivity index (χ2n) is 4.95. The van der Waals surface area contributed by atoms with E-state index in [2.05, 4.69) is 10.3 Å². The molecule has 1 N–H and O–H groups in total. The summed E-state index contributed by atoms with van der Waals surface area (Å²) in [7, 11) is 1.75. The molecule has 0 saturated carbocycles. The Hall–Kier alpha value is -2.11. The predicted octanol–water partition coefficient (Wildman–Crippen LogP) is 0.736. The van der Waals surface area contributed by atoms with E-state index in [1.165, 1.54) is 0 Å². The van der Waals surface area contributed by atoms with Crippen LogP contribution in [0.15, 0.2) is 12.1 Å². The minimum absolute atomic E-state index is 0.0257. The maximum atomic E-state index is 12.5. The standard InChI is InChI=1S/C14H20N4O2/c1-4-15-12-8-11(7-10(2)16-12)14(20)18-6-5-17(3)13(19)9-18/h7-8H,4-6,9H2,1-3H3,(H,15,16). The fourth-order valence-electron chi connectivity index (χ4n) is 2.18. The molecule has 0 spiro atoms. The molecule has 0 unspecified atom stereocenters. The van der Waals surface area contributed by atoms with Crippen molar-refractivity contribution in [1.29, 1.82) is 0 Å². The molecule has 1 aliphatic rings. The first-order chi connectivity index (χ1) is 9.51. The normalized spacial score (nSPS) is 15.4. The molecule has 1 saturated heterocycles. The number of piperazine rings is 1. The van der Waals surface area contributed by atoms with Gasteiger partial charge in [0, 0.05) is 37.9 Å². The van der Waals surface area contributed by atoms with Crippen LogP contribution in [0.2, 0.25) is 0 Å². The first-order valence-electron chi connectivity index (χ1n) is 6.77. The minimum atomic E-state index is -0.115. The topological polar surface area (TPSA) is 65.5 Å². The fourth-order valence-corrected chi connectivity index (χ4v) is 2.18. The summed E-state index contributed by atoms with van der Waals surface area (Å²) in [5, 5.41) is 3.11. The van der Waals surface area contributed by atoms with E-state index in [-0.39, 0.29) is 18.4 Å². The Labute approximate surface area is 118 Å². The van der Waals surface area contributed by atoms with Crippen molar-refractivity contribution < 1.29 is 9.59 Å². The number of carbonyl (C=O) groups is 2. The van der Waals surface area contributed by atoms with E-state index in [0.717, 1.165) is 12.2 Å². The summed E-state index contributed by atoms with van der Waals surface area (Å²) in [5.74, 6) is 0.551. The predicted molar refractivity (Wildman–Crippen MR) is 76.7 cm³/mol. The number of hydrogen-bond donors (Lipinski definition) is 1. The van der Waals surface area contributed by atoms with Crippen LogP contribution < -0.4 is 5.32 Å². The van der Waals surface area contributed by atoms with Gasteiger partial charge in [0.1, 0.15) is 12.4 Å². The Morgan fingerprint density at radius 1 is 1.40 bits per heavy atom. The molecule has 1 aromatic rings. The van der Waals surface area contributed by atoms with E-state index in [1.807, 2.05) is 13.8 Å². The van der Waals surface area contributed by atoms with Gasteiger partial charge in [0.05, 0.1) is 0 Å². The molecule has 0 radical (unpaired) electrons. The van der Waals surface area contributed by atoms with Crippen molar-refractivity contribution in [2.24, 2.45) is 0 Å². The molecule has 0 aromatic carbocycles. The number of anilines is 1. The monoisotopic (exact) mass is 276 g/mol. The third-order valence-electron chi connectivity index (χ3n) is 3.30. The molecule has 2 heterocycles. The zero-order chi connectivity index (χ0) is 14.7. The molecule has 20 heavy (non-hydrogen) atoms. The van der Waals surface area contributed by atoms with E-state index in [9.17, 15) is 9.59 Å². The number of carbonyl (C=O) groups excluding carboxylic acids is 2. The minimum Gasteiger partial charge on any atom is -0.370 e. The van der Waals surface area contributed by atoms with Crippen LogP contribution in [-0.4, -0.2) is 59.8 Å². The van der Waals surface area contributed by atoms with Crippen molar-refractivity contribution in [3.8, 4) is 0 Å². The molecule has 0 aliphatic carbocycles. The Morgan fingerprint density at radius 2 is 2.15 bits per heavy atom. The van der Waals surface area contributed by atoms with E-state index >= 15 is 0 Å². The van der Waals surface area contributed by atoms with E-state index in [0.29, 0.717) is 24.5 Å².